The van der Waals surface area contributed by atoms with Crippen LogP contribution in [0.1, 0.15) is 33.4 Å². The molecule has 0 atom stereocenters. The molecule has 0 aliphatic carbocycles. The molecule has 1 aromatic heterocycles. The molecule has 1 aliphatic rings. The van der Waals surface area contributed by atoms with Crippen molar-refractivity contribution in [2.45, 2.75) is 38.9 Å². The first kappa shape index (κ1) is 14.0. The molecular formula is C13H17BFNO3. The number of halogens is 1. The molecule has 0 aromatic carbocycles. The number of hydrogen-bond donors (Lipinski definition) is 1. The van der Waals surface area contributed by atoms with Crippen LogP contribution >= 0.6 is 0 Å². The van der Waals surface area contributed by atoms with E-state index in [1.807, 2.05) is 27.7 Å². The van der Waals surface area contributed by atoms with Gasteiger partial charge in [0.2, 0.25) is 5.43 Å². The molecular weight excluding hydrogens is 248 g/mol. The van der Waals surface area contributed by atoms with Crippen molar-refractivity contribution < 1.29 is 13.7 Å². The quantitative estimate of drug-likeness (QED) is 0.833. The minimum absolute atomic E-state index is 0.113. The van der Waals surface area contributed by atoms with Gasteiger partial charge in [-0.1, -0.05) is 5.98 Å². The summed E-state index contributed by atoms with van der Waals surface area (Å²) in [7, 11) is -0.562. The van der Waals surface area contributed by atoms with Crippen LogP contribution in [-0.4, -0.2) is 23.3 Å². The third kappa shape index (κ3) is 2.64. The second kappa shape index (κ2) is 4.61. The first-order chi connectivity index (χ1) is 8.73. The van der Waals surface area contributed by atoms with Crippen molar-refractivity contribution >= 4 is 13.2 Å². The third-order valence-electron chi connectivity index (χ3n) is 3.62. The molecule has 0 bridgehead atoms. The lowest BCUT2D eigenvalue weighted by atomic mass is 9.89. The third-order valence-corrected chi connectivity index (χ3v) is 3.62. The highest BCUT2D eigenvalue weighted by Crippen LogP contribution is 2.36. The molecule has 2 heterocycles. The van der Waals surface area contributed by atoms with Crippen LogP contribution in [0, 0.1) is 5.82 Å². The molecule has 102 valence electrons. The van der Waals surface area contributed by atoms with Crippen molar-refractivity contribution in [3.05, 3.63) is 40.0 Å². The summed E-state index contributed by atoms with van der Waals surface area (Å²) in [5.41, 5.74) is -1.41. The number of rotatable bonds is 2. The summed E-state index contributed by atoms with van der Waals surface area (Å²) in [5, 5.41) is 0. The van der Waals surface area contributed by atoms with Gasteiger partial charge >= 0.3 is 7.12 Å². The second-order valence-electron chi connectivity index (χ2n) is 5.55. The zero-order valence-corrected chi connectivity index (χ0v) is 11.5. The molecule has 0 amide bonds. The van der Waals surface area contributed by atoms with E-state index in [0.717, 1.165) is 6.07 Å². The van der Waals surface area contributed by atoms with E-state index in [2.05, 4.69) is 4.98 Å². The predicted molar refractivity (Wildman–Crippen MR) is 72.1 cm³/mol. The van der Waals surface area contributed by atoms with Gasteiger partial charge in [-0.05, 0) is 33.8 Å². The van der Waals surface area contributed by atoms with E-state index in [1.165, 1.54) is 12.3 Å². The van der Waals surface area contributed by atoms with Crippen LogP contribution < -0.4 is 5.43 Å². The van der Waals surface area contributed by atoms with Gasteiger partial charge in [0.1, 0.15) is 0 Å². The van der Waals surface area contributed by atoms with Gasteiger partial charge in [-0.25, -0.2) is 4.39 Å². The van der Waals surface area contributed by atoms with E-state index >= 15 is 0 Å². The Morgan fingerprint density at radius 2 is 1.84 bits per heavy atom. The Bertz CT molecular complexity index is 549. The predicted octanol–water partition coefficient (Wildman–Crippen LogP) is 2.16. The van der Waals surface area contributed by atoms with E-state index in [4.69, 9.17) is 9.31 Å². The Kier molecular flexibility index (Phi) is 3.41. The number of pyridine rings is 1. The minimum Gasteiger partial charge on any atom is -0.400 e. The van der Waals surface area contributed by atoms with Crippen LogP contribution in [0.2, 0.25) is 0 Å². The van der Waals surface area contributed by atoms with Crippen LogP contribution in [0.15, 0.2) is 23.0 Å². The van der Waals surface area contributed by atoms with Gasteiger partial charge in [-0.2, -0.15) is 0 Å². The highest BCUT2D eigenvalue weighted by Gasteiger charge is 2.50. The van der Waals surface area contributed by atoms with E-state index in [0.29, 0.717) is 0 Å². The normalized spacial score (nSPS) is 21.2. The van der Waals surface area contributed by atoms with Crippen LogP contribution in [0.3, 0.4) is 0 Å². The van der Waals surface area contributed by atoms with Gasteiger partial charge in [-0.3, -0.25) is 4.79 Å². The van der Waals surface area contributed by atoms with E-state index in [-0.39, 0.29) is 5.69 Å². The summed E-state index contributed by atoms with van der Waals surface area (Å²) in [4.78, 5) is 13.8. The number of H-pyrrole nitrogens is 1. The maximum atomic E-state index is 13.5. The standard InChI is InChI=1S/C13H17BFNO3/c1-12(2)13(3,4)19-14(18-12)7-5-9-11(15)10(17)6-8-16-9/h5-8H,1-4H3,(H,16,17)/b7-5+. The Morgan fingerprint density at radius 3 is 2.42 bits per heavy atom. The molecule has 1 aromatic rings. The lowest BCUT2D eigenvalue weighted by Gasteiger charge is -2.32. The van der Waals surface area contributed by atoms with Gasteiger partial charge < -0.3 is 14.3 Å². The van der Waals surface area contributed by atoms with Gasteiger partial charge in [0, 0.05) is 12.3 Å². The summed E-state index contributed by atoms with van der Waals surface area (Å²) in [6, 6.07) is 1.14. The van der Waals surface area contributed by atoms with Gasteiger partial charge in [0.05, 0.1) is 16.9 Å². The van der Waals surface area contributed by atoms with Crippen molar-refractivity contribution in [1.29, 1.82) is 0 Å². The van der Waals surface area contributed by atoms with E-state index in [9.17, 15) is 9.18 Å². The molecule has 0 spiro atoms. The van der Waals surface area contributed by atoms with E-state index < -0.39 is 29.6 Å². The smallest absolute Gasteiger partial charge is 0.400 e. The molecule has 1 saturated heterocycles. The lowest BCUT2D eigenvalue weighted by molar-refractivity contribution is 0.00578. The van der Waals surface area contributed by atoms with Gasteiger partial charge in [0.15, 0.2) is 5.82 Å². The highest BCUT2D eigenvalue weighted by atomic mass is 19.1. The van der Waals surface area contributed by atoms with Crippen molar-refractivity contribution in [1.82, 2.24) is 4.98 Å². The van der Waals surface area contributed by atoms with Crippen molar-refractivity contribution in [2.24, 2.45) is 0 Å². The fourth-order valence-corrected chi connectivity index (χ4v) is 1.74. The largest absolute Gasteiger partial charge is 0.487 e. The first-order valence-corrected chi connectivity index (χ1v) is 6.14. The number of nitrogens with one attached hydrogen (secondary N) is 1. The Hall–Kier alpha value is -1.40. The van der Waals surface area contributed by atoms with Gasteiger partial charge in [0.25, 0.3) is 0 Å². The fourth-order valence-electron chi connectivity index (χ4n) is 1.74. The fraction of sp³-hybridized carbons (Fsp3) is 0.462. The number of aromatic amines is 1. The highest BCUT2D eigenvalue weighted by molar-refractivity contribution is 6.52. The van der Waals surface area contributed by atoms with Gasteiger partial charge in [-0.15, -0.1) is 0 Å². The molecule has 6 heteroatoms. The Labute approximate surface area is 111 Å². The minimum atomic E-state index is -0.810. The lowest BCUT2D eigenvalue weighted by Crippen LogP contribution is -2.41. The SMILES string of the molecule is CC1(C)OB(/C=C/c2[nH]ccc(=O)c2F)OC1(C)C. The summed E-state index contributed by atoms with van der Waals surface area (Å²) in [6.07, 6.45) is 2.86. The molecule has 2 rings (SSSR count). The zero-order valence-electron chi connectivity index (χ0n) is 11.5. The van der Waals surface area contributed by atoms with Crippen LogP contribution in [0.4, 0.5) is 4.39 Å². The average molecular weight is 265 g/mol. The number of hydrogen-bond acceptors (Lipinski definition) is 3. The summed E-state index contributed by atoms with van der Waals surface area (Å²) in [6.45, 7) is 7.75. The Balaban J connectivity index is 2.17. The van der Waals surface area contributed by atoms with Crippen molar-refractivity contribution in [2.75, 3.05) is 0 Å². The molecule has 1 N–H and O–H groups in total. The van der Waals surface area contributed by atoms with Crippen molar-refractivity contribution in [3.63, 3.8) is 0 Å². The molecule has 0 saturated carbocycles. The first-order valence-electron chi connectivity index (χ1n) is 6.14. The van der Waals surface area contributed by atoms with Crippen LogP contribution in [-0.2, 0) is 9.31 Å². The van der Waals surface area contributed by atoms with E-state index in [1.54, 1.807) is 5.98 Å². The maximum Gasteiger partial charge on any atom is 0.487 e. The summed E-state index contributed by atoms with van der Waals surface area (Å²) >= 11 is 0. The second-order valence-corrected chi connectivity index (χ2v) is 5.55. The average Bonchev–Trinajstić information content (AvgIpc) is 2.50. The number of aromatic nitrogens is 1. The monoisotopic (exact) mass is 265 g/mol. The topological polar surface area (TPSA) is 51.3 Å². The zero-order chi connectivity index (χ0) is 14.3. The molecule has 1 fully saturated rings. The summed E-state index contributed by atoms with van der Waals surface area (Å²) < 4.78 is 25.0. The molecule has 19 heavy (non-hydrogen) atoms. The molecule has 1 aliphatic heterocycles. The molecule has 0 radical (unpaired) electrons. The maximum absolute atomic E-state index is 13.5. The van der Waals surface area contributed by atoms with Crippen LogP contribution in [0.25, 0.3) is 6.08 Å². The summed E-state index contributed by atoms with van der Waals surface area (Å²) in [5.74, 6) is 0.778. The Morgan fingerprint density at radius 1 is 1.26 bits per heavy atom. The van der Waals surface area contributed by atoms with Crippen molar-refractivity contribution in [3.8, 4) is 0 Å². The molecule has 4 nitrogen and oxygen atoms in total. The van der Waals surface area contributed by atoms with Crippen LogP contribution in [0.5, 0.6) is 0 Å². The molecule has 0 unspecified atom stereocenters.